The Morgan fingerprint density at radius 2 is 1.92 bits per heavy atom. The molecule has 0 amide bonds. The number of aromatic nitrogens is 1. The maximum absolute atomic E-state index is 5.66. The highest BCUT2D eigenvalue weighted by Gasteiger charge is 2.03. The maximum Gasteiger partial charge on any atom is 0.203 e. The van der Waals surface area contributed by atoms with E-state index in [2.05, 4.69) is 38.4 Å². The molecule has 2 aromatic carbocycles. The van der Waals surface area contributed by atoms with Gasteiger partial charge in [-0.05, 0) is 48.4 Å². The maximum atomic E-state index is 5.66. The molecule has 0 bridgehead atoms. The molecule has 0 aliphatic rings. The predicted molar refractivity (Wildman–Crippen MR) is 113 cm³/mol. The number of benzene rings is 2. The van der Waals surface area contributed by atoms with Crippen molar-refractivity contribution in [1.82, 2.24) is 4.98 Å². The normalized spacial score (nSPS) is 11.0. The van der Waals surface area contributed by atoms with Crippen molar-refractivity contribution < 1.29 is 4.74 Å². The second-order valence-corrected chi connectivity index (χ2v) is 7.46. The van der Waals surface area contributed by atoms with E-state index in [9.17, 15) is 0 Å². The Kier molecular flexibility index (Phi) is 6.80. The van der Waals surface area contributed by atoms with Crippen molar-refractivity contribution in [3.63, 3.8) is 0 Å². The van der Waals surface area contributed by atoms with Crippen LogP contribution in [-0.4, -0.2) is 17.8 Å². The van der Waals surface area contributed by atoms with Gasteiger partial charge in [0.15, 0.2) is 0 Å². The Bertz CT molecular complexity index is 844. The molecule has 0 atom stereocenters. The van der Waals surface area contributed by atoms with Gasteiger partial charge in [-0.2, -0.15) is 5.10 Å². The highest BCUT2D eigenvalue weighted by Crippen LogP contribution is 2.26. The summed E-state index contributed by atoms with van der Waals surface area (Å²) in [4.78, 5) is 4.56. The third-order valence-electron chi connectivity index (χ3n) is 3.66. The molecule has 3 rings (SSSR count). The highest BCUT2D eigenvalue weighted by atomic mass is 79.9. The number of thiazole rings is 1. The molecule has 0 spiro atoms. The fraction of sp³-hybridized carbons (Fsp3) is 0.200. The first-order chi connectivity index (χ1) is 12.7. The molecule has 0 saturated heterocycles. The summed E-state index contributed by atoms with van der Waals surface area (Å²) in [6, 6.07) is 16.0. The number of ether oxygens (including phenoxy) is 1. The first-order valence-corrected chi connectivity index (χ1v) is 10.2. The molecule has 0 aliphatic carbocycles. The number of anilines is 1. The van der Waals surface area contributed by atoms with Gasteiger partial charge in [0, 0.05) is 15.4 Å². The first-order valence-electron chi connectivity index (χ1n) is 8.48. The van der Waals surface area contributed by atoms with Crippen LogP contribution in [0.1, 0.15) is 25.3 Å². The Morgan fingerprint density at radius 1 is 1.15 bits per heavy atom. The molecule has 0 fully saturated rings. The van der Waals surface area contributed by atoms with E-state index < -0.39 is 0 Å². The summed E-state index contributed by atoms with van der Waals surface area (Å²) in [7, 11) is 0. The van der Waals surface area contributed by atoms with Crippen LogP contribution >= 0.6 is 27.3 Å². The zero-order valence-electron chi connectivity index (χ0n) is 14.5. The molecule has 4 nitrogen and oxygen atoms in total. The van der Waals surface area contributed by atoms with Crippen LogP contribution in [0, 0.1) is 0 Å². The zero-order valence-corrected chi connectivity index (χ0v) is 16.9. The molecular weight excluding hydrogens is 410 g/mol. The van der Waals surface area contributed by atoms with E-state index in [1.807, 2.05) is 53.9 Å². The van der Waals surface area contributed by atoms with E-state index in [0.29, 0.717) is 0 Å². The molecule has 0 radical (unpaired) electrons. The van der Waals surface area contributed by atoms with Crippen molar-refractivity contribution in [3.8, 4) is 17.0 Å². The molecular formula is C20H20BrN3OS. The number of rotatable bonds is 8. The number of hydrogen-bond acceptors (Lipinski definition) is 5. The average molecular weight is 430 g/mol. The molecule has 3 aromatic rings. The topological polar surface area (TPSA) is 46.5 Å². The average Bonchev–Trinajstić information content (AvgIpc) is 3.13. The first kappa shape index (κ1) is 18.6. The van der Waals surface area contributed by atoms with Gasteiger partial charge in [-0.1, -0.05) is 41.4 Å². The minimum Gasteiger partial charge on any atom is -0.494 e. The second-order valence-electron chi connectivity index (χ2n) is 5.69. The van der Waals surface area contributed by atoms with Gasteiger partial charge in [-0.25, -0.2) is 4.98 Å². The number of nitrogens with zero attached hydrogens (tertiary/aromatic N) is 2. The van der Waals surface area contributed by atoms with Gasteiger partial charge < -0.3 is 4.74 Å². The van der Waals surface area contributed by atoms with Crippen molar-refractivity contribution in [2.45, 2.75) is 19.8 Å². The lowest BCUT2D eigenvalue weighted by molar-refractivity contribution is 0.309. The summed E-state index contributed by atoms with van der Waals surface area (Å²) < 4.78 is 6.71. The van der Waals surface area contributed by atoms with Gasteiger partial charge in [0.25, 0.3) is 0 Å². The Balaban J connectivity index is 1.54. The molecule has 6 heteroatoms. The van der Waals surface area contributed by atoms with E-state index >= 15 is 0 Å². The lowest BCUT2D eigenvalue weighted by Crippen LogP contribution is -1.96. The Hall–Kier alpha value is -2.18. The van der Waals surface area contributed by atoms with Gasteiger partial charge in [-0.15, -0.1) is 11.3 Å². The van der Waals surface area contributed by atoms with Crippen LogP contribution in [0.3, 0.4) is 0 Å². The van der Waals surface area contributed by atoms with Gasteiger partial charge in [0.05, 0.1) is 18.5 Å². The van der Waals surface area contributed by atoms with Crippen LogP contribution in [0.5, 0.6) is 5.75 Å². The molecule has 1 aromatic heterocycles. The van der Waals surface area contributed by atoms with Crippen molar-refractivity contribution >= 4 is 38.6 Å². The van der Waals surface area contributed by atoms with E-state index in [-0.39, 0.29) is 0 Å². The van der Waals surface area contributed by atoms with E-state index in [0.717, 1.165) is 51.6 Å². The summed E-state index contributed by atoms with van der Waals surface area (Å²) in [5.74, 6) is 0.891. The van der Waals surface area contributed by atoms with Crippen LogP contribution in [-0.2, 0) is 0 Å². The standard InChI is InChI=1S/C20H20BrN3OS/c1-2-3-12-25-18-10-4-15(5-11-18)13-22-24-20-23-19(14-26-20)16-6-8-17(21)9-7-16/h4-11,13-14H,2-3,12H2,1H3,(H,23,24)/b22-13+. The smallest absolute Gasteiger partial charge is 0.203 e. The highest BCUT2D eigenvalue weighted by molar-refractivity contribution is 9.10. The quantitative estimate of drug-likeness (QED) is 0.263. The second kappa shape index (κ2) is 9.50. The fourth-order valence-electron chi connectivity index (χ4n) is 2.22. The zero-order chi connectivity index (χ0) is 18.2. The summed E-state index contributed by atoms with van der Waals surface area (Å²) in [6.07, 6.45) is 3.98. The molecule has 0 saturated carbocycles. The van der Waals surface area contributed by atoms with Crippen LogP contribution in [0.25, 0.3) is 11.3 Å². The van der Waals surface area contributed by atoms with E-state index in [1.54, 1.807) is 6.21 Å². The summed E-state index contributed by atoms with van der Waals surface area (Å²) in [5, 5.41) is 7.04. The summed E-state index contributed by atoms with van der Waals surface area (Å²) in [6.45, 7) is 2.91. The summed E-state index contributed by atoms with van der Waals surface area (Å²) in [5.41, 5.74) is 6.01. The molecule has 1 N–H and O–H groups in total. The lowest BCUT2D eigenvalue weighted by Gasteiger charge is -2.04. The fourth-order valence-corrected chi connectivity index (χ4v) is 3.16. The Morgan fingerprint density at radius 3 is 2.65 bits per heavy atom. The van der Waals surface area contributed by atoms with Crippen molar-refractivity contribution in [2.75, 3.05) is 12.0 Å². The van der Waals surface area contributed by atoms with Gasteiger partial charge in [0.2, 0.25) is 5.13 Å². The van der Waals surface area contributed by atoms with Gasteiger partial charge in [-0.3, -0.25) is 5.43 Å². The number of halogens is 1. The number of nitrogens with one attached hydrogen (secondary N) is 1. The molecule has 26 heavy (non-hydrogen) atoms. The molecule has 0 aliphatic heterocycles. The van der Waals surface area contributed by atoms with Crippen LogP contribution in [0.4, 0.5) is 5.13 Å². The van der Waals surface area contributed by atoms with E-state index in [4.69, 9.17) is 4.74 Å². The minimum absolute atomic E-state index is 0.760. The van der Waals surface area contributed by atoms with Crippen LogP contribution < -0.4 is 10.2 Å². The van der Waals surface area contributed by atoms with Gasteiger partial charge >= 0.3 is 0 Å². The molecule has 134 valence electrons. The number of unbranched alkanes of at least 4 members (excludes halogenated alkanes) is 1. The largest absolute Gasteiger partial charge is 0.494 e. The van der Waals surface area contributed by atoms with Crippen LogP contribution in [0.15, 0.2) is 63.5 Å². The van der Waals surface area contributed by atoms with Crippen molar-refractivity contribution in [3.05, 3.63) is 63.9 Å². The van der Waals surface area contributed by atoms with Crippen molar-refractivity contribution in [2.24, 2.45) is 5.10 Å². The van der Waals surface area contributed by atoms with Gasteiger partial charge in [0.1, 0.15) is 5.75 Å². The summed E-state index contributed by atoms with van der Waals surface area (Å²) >= 11 is 4.97. The minimum atomic E-state index is 0.760. The molecule has 1 heterocycles. The number of hydrogen-bond donors (Lipinski definition) is 1. The van der Waals surface area contributed by atoms with Crippen molar-refractivity contribution in [1.29, 1.82) is 0 Å². The third kappa shape index (κ3) is 5.41. The SMILES string of the molecule is CCCCOc1ccc(/C=N/Nc2nc(-c3ccc(Br)cc3)cs2)cc1. The van der Waals surface area contributed by atoms with Crippen LogP contribution in [0.2, 0.25) is 0 Å². The predicted octanol–water partition coefficient (Wildman–Crippen LogP) is 6.20. The molecule has 0 unspecified atom stereocenters. The lowest BCUT2D eigenvalue weighted by atomic mass is 10.2. The Labute approximate surface area is 166 Å². The monoisotopic (exact) mass is 429 g/mol. The van der Waals surface area contributed by atoms with E-state index in [1.165, 1.54) is 11.3 Å². The number of hydrazone groups is 1. The third-order valence-corrected chi connectivity index (χ3v) is 4.94.